The van der Waals surface area contributed by atoms with Crippen LogP contribution < -0.4 is 29.4 Å². The van der Waals surface area contributed by atoms with Crippen LogP contribution in [0, 0.1) is 11.3 Å². The van der Waals surface area contributed by atoms with E-state index in [1.807, 2.05) is 0 Å². The topological polar surface area (TPSA) is 127 Å². The maximum absolute atomic E-state index is 9.80. The zero-order valence-electron chi connectivity index (χ0n) is 17.6. The summed E-state index contributed by atoms with van der Waals surface area (Å²) in [6, 6.07) is 9.13. The highest BCUT2D eigenvalue weighted by Gasteiger charge is 2.23. The van der Waals surface area contributed by atoms with Gasteiger partial charge in [0.1, 0.15) is 36.2 Å². The molecule has 32 heavy (non-hydrogen) atoms. The molecule has 3 heterocycles. The van der Waals surface area contributed by atoms with E-state index >= 15 is 0 Å². The first-order valence-corrected chi connectivity index (χ1v) is 9.71. The number of methoxy groups -OCH3 is 3. The normalized spacial score (nSPS) is 12.6. The second kappa shape index (κ2) is 7.39. The van der Waals surface area contributed by atoms with Crippen LogP contribution >= 0.6 is 0 Å². The number of nitrogens with two attached hydrogens (primary N) is 1. The van der Waals surface area contributed by atoms with E-state index in [0.717, 1.165) is 0 Å². The molecule has 0 atom stereocenters. The van der Waals surface area contributed by atoms with Crippen LogP contribution in [0.25, 0.3) is 27.9 Å². The first-order chi connectivity index (χ1) is 15.6. The van der Waals surface area contributed by atoms with Crippen LogP contribution in [0.15, 0.2) is 24.3 Å². The predicted octanol–water partition coefficient (Wildman–Crippen LogP) is 2.82. The Labute approximate surface area is 182 Å². The van der Waals surface area contributed by atoms with Crippen LogP contribution in [0.5, 0.6) is 28.7 Å². The van der Waals surface area contributed by atoms with E-state index in [0.29, 0.717) is 69.8 Å². The van der Waals surface area contributed by atoms with E-state index in [1.165, 1.54) is 21.3 Å². The van der Waals surface area contributed by atoms with Crippen molar-refractivity contribution < 1.29 is 23.7 Å². The van der Waals surface area contributed by atoms with Crippen molar-refractivity contribution in [2.24, 2.45) is 0 Å². The number of anilines is 1. The van der Waals surface area contributed by atoms with Gasteiger partial charge in [0.05, 0.1) is 38.1 Å². The number of aromatic nitrogens is 3. The molecule has 0 saturated carbocycles. The monoisotopic (exact) mass is 433 g/mol. The molecule has 0 spiro atoms. The largest absolute Gasteiger partial charge is 0.493 e. The van der Waals surface area contributed by atoms with Gasteiger partial charge in [-0.25, -0.2) is 9.97 Å². The molecule has 2 aromatic heterocycles. The molecule has 0 aliphatic carbocycles. The van der Waals surface area contributed by atoms with Crippen molar-refractivity contribution >= 4 is 28.0 Å². The van der Waals surface area contributed by atoms with E-state index in [1.54, 1.807) is 28.8 Å². The van der Waals surface area contributed by atoms with Crippen LogP contribution in [0.2, 0.25) is 0 Å². The quantitative estimate of drug-likeness (QED) is 0.517. The lowest BCUT2D eigenvalue weighted by Crippen LogP contribution is -2.15. The zero-order valence-corrected chi connectivity index (χ0v) is 17.6. The molecule has 10 nitrogen and oxygen atoms in total. The van der Waals surface area contributed by atoms with Gasteiger partial charge in [-0.1, -0.05) is 0 Å². The number of nitrogens with zero attached hydrogens (tertiary/aromatic N) is 4. The van der Waals surface area contributed by atoms with E-state index < -0.39 is 0 Å². The summed E-state index contributed by atoms with van der Waals surface area (Å²) in [5, 5.41) is 9.80. The number of hydrogen-bond acceptors (Lipinski definition) is 9. The van der Waals surface area contributed by atoms with Crippen LogP contribution in [0.3, 0.4) is 0 Å². The predicted molar refractivity (Wildman–Crippen MR) is 116 cm³/mol. The lowest BCUT2D eigenvalue weighted by atomic mass is 10.2. The van der Waals surface area contributed by atoms with Crippen LogP contribution in [0.4, 0.5) is 5.82 Å². The Morgan fingerprint density at radius 3 is 2.06 bits per heavy atom. The average Bonchev–Trinajstić information content (AvgIpc) is 3.09. The first kappa shape index (κ1) is 19.6. The molecule has 4 aromatic rings. The number of fused-ring (bicyclic) bond motifs is 3. The van der Waals surface area contributed by atoms with E-state index in [9.17, 15) is 5.26 Å². The lowest BCUT2D eigenvalue weighted by molar-refractivity contribution is 0.172. The number of nitriles is 1. The summed E-state index contributed by atoms with van der Waals surface area (Å²) in [7, 11) is 4.58. The van der Waals surface area contributed by atoms with Crippen molar-refractivity contribution in [1.82, 2.24) is 14.5 Å². The van der Waals surface area contributed by atoms with Crippen molar-refractivity contribution in [3.8, 4) is 40.5 Å². The van der Waals surface area contributed by atoms with Gasteiger partial charge in [0.2, 0.25) is 5.75 Å². The molecule has 0 saturated heterocycles. The van der Waals surface area contributed by atoms with Gasteiger partial charge in [-0.15, -0.1) is 0 Å². The van der Waals surface area contributed by atoms with Gasteiger partial charge in [-0.2, -0.15) is 5.26 Å². The Hall–Kier alpha value is -4.39. The van der Waals surface area contributed by atoms with Crippen molar-refractivity contribution in [2.45, 2.75) is 0 Å². The number of rotatable bonds is 4. The van der Waals surface area contributed by atoms with Gasteiger partial charge in [0, 0.05) is 24.3 Å². The highest BCUT2D eigenvalue weighted by Crippen LogP contribution is 2.42. The molecule has 0 fully saturated rings. The Bertz CT molecular complexity index is 1400. The second-order valence-corrected chi connectivity index (χ2v) is 6.97. The molecule has 0 unspecified atom stereocenters. The Morgan fingerprint density at radius 1 is 0.938 bits per heavy atom. The number of nitrogen functional groups attached to an aromatic ring is 1. The third kappa shape index (κ3) is 2.79. The first-order valence-electron chi connectivity index (χ1n) is 9.71. The minimum atomic E-state index is 0.198. The molecule has 0 amide bonds. The fraction of sp³-hybridized carbons (Fsp3) is 0.227. The van der Waals surface area contributed by atoms with Gasteiger partial charge in [-0.05, 0) is 0 Å². The number of hydrogen-bond donors (Lipinski definition) is 1. The summed E-state index contributed by atoms with van der Waals surface area (Å²) in [6.45, 7) is 0.920. The highest BCUT2D eigenvalue weighted by atomic mass is 16.6. The lowest BCUT2D eigenvalue weighted by Gasteiger charge is -2.18. The van der Waals surface area contributed by atoms with Crippen LogP contribution in [0.1, 0.15) is 5.56 Å². The fourth-order valence-electron chi connectivity index (χ4n) is 3.82. The molecule has 0 radical (unpaired) electrons. The van der Waals surface area contributed by atoms with Crippen molar-refractivity contribution in [2.75, 3.05) is 40.3 Å². The van der Waals surface area contributed by atoms with Gasteiger partial charge in [-0.3, -0.25) is 4.57 Å². The van der Waals surface area contributed by atoms with Gasteiger partial charge in [0.15, 0.2) is 28.6 Å². The summed E-state index contributed by atoms with van der Waals surface area (Å²) in [5.41, 5.74) is 9.14. The SMILES string of the molecule is COc1cc(-n2c(N)c(C#N)c3nc4cc5c(cc4nc32)OCCO5)cc(OC)c1OC. The van der Waals surface area contributed by atoms with Crippen molar-refractivity contribution in [1.29, 1.82) is 5.26 Å². The van der Waals surface area contributed by atoms with Gasteiger partial charge < -0.3 is 29.4 Å². The molecule has 2 N–H and O–H groups in total. The smallest absolute Gasteiger partial charge is 0.203 e. The minimum absolute atomic E-state index is 0.198. The third-order valence-electron chi connectivity index (χ3n) is 5.27. The zero-order chi connectivity index (χ0) is 22.4. The van der Waals surface area contributed by atoms with Crippen molar-refractivity contribution in [3.05, 3.63) is 29.8 Å². The molecule has 162 valence electrons. The molecule has 10 heteroatoms. The molecular formula is C22H19N5O5. The van der Waals surface area contributed by atoms with E-state index in [-0.39, 0.29) is 11.4 Å². The van der Waals surface area contributed by atoms with Crippen molar-refractivity contribution in [3.63, 3.8) is 0 Å². The number of ether oxygens (including phenoxy) is 5. The fourth-order valence-corrected chi connectivity index (χ4v) is 3.82. The van der Waals surface area contributed by atoms with Crippen LogP contribution in [-0.2, 0) is 0 Å². The van der Waals surface area contributed by atoms with E-state index in [4.69, 9.17) is 34.4 Å². The number of benzene rings is 2. The minimum Gasteiger partial charge on any atom is -0.493 e. The summed E-state index contributed by atoms with van der Waals surface area (Å²) in [6.07, 6.45) is 0. The molecule has 0 bridgehead atoms. The summed E-state index contributed by atoms with van der Waals surface area (Å²) >= 11 is 0. The average molecular weight is 433 g/mol. The summed E-state index contributed by atoms with van der Waals surface area (Å²) in [4.78, 5) is 9.44. The maximum atomic E-state index is 9.80. The summed E-state index contributed by atoms with van der Waals surface area (Å²) < 4.78 is 29.3. The summed E-state index contributed by atoms with van der Waals surface area (Å²) in [5.74, 6) is 2.70. The Kier molecular flexibility index (Phi) is 4.52. The molecule has 5 rings (SSSR count). The maximum Gasteiger partial charge on any atom is 0.203 e. The molecule has 2 aromatic carbocycles. The third-order valence-corrected chi connectivity index (χ3v) is 5.27. The standard InChI is InChI=1S/C22H19N5O5/c1-28-17-6-11(7-18(29-2)20(17)30-3)27-21(24)12(10-23)19-22(27)26-14-9-16-15(8-13(14)25-19)31-4-5-32-16/h6-9H,4-5,24H2,1-3H3. The second-order valence-electron chi connectivity index (χ2n) is 6.97. The Balaban J connectivity index is 1.83. The molecular weight excluding hydrogens is 414 g/mol. The van der Waals surface area contributed by atoms with Gasteiger partial charge in [0.25, 0.3) is 0 Å². The Morgan fingerprint density at radius 2 is 1.53 bits per heavy atom. The van der Waals surface area contributed by atoms with Gasteiger partial charge >= 0.3 is 0 Å². The molecule has 1 aliphatic heterocycles. The highest BCUT2D eigenvalue weighted by molar-refractivity contribution is 5.94. The molecule has 1 aliphatic rings. The van der Waals surface area contributed by atoms with E-state index in [2.05, 4.69) is 11.1 Å². The van der Waals surface area contributed by atoms with Crippen LogP contribution in [-0.4, -0.2) is 49.1 Å².